The summed E-state index contributed by atoms with van der Waals surface area (Å²) in [6.45, 7) is 9.91. The summed E-state index contributed by atoms with van der Waals surface area (Å²) in [6, 6.07) is 10.5. The molecule has 1 fully saturated rings. The summed E-state index contributed by atoms with van der Waals surface area (Å²) in [7, 11) is 0. The van der Waals surface area contributed by atoms with Gasteiger partial charge in [-0.25, -0.2) is 23.5 Å². The predicted molar refractivity (Wildman–Crippen MR) is 161 cm³/mol. The summed E-state index contributed by atoms with van der Waals surface area (Å²) in [5.41, 5.74) is 5.53. The zero-order valence-electron chi connectivity index (χ0n) is 24.7. The molecule has 0 saturated carbocycles. The van der Waals surface area contributed by atoms with E-state index in [4.69, 9.17) is 20.2 Å². The summed E-state index contributed by atoms with van der Waals surface area (Å²) >= 11 is -3.08. The molecular weight excluding hydrogens is 577 g/mol. The number of carbonyl (C=O) groups is 2. The number of rotatable bonds is 9. The number of nitrogens with zero attached hydrogens (tertiary/aromatic N) is 4. The molecule has 0 spiro atoms. The topological polar surface area (TPSA) is 151 Å². The molecular formula is C30H35FN5O6S-. The van der Waals surface area contributed by atoms with Gasteiger partial charge in [-0.05, 0) is 75.9 Å². The molecule has 3 aromatic rings. The Hall–Kier alpha value is -4.10. The Bertz CT molecular complexity index is 1530. The van der Waals surface area contributed by atoms with Gasteiger partial charge < -0.3 is 24.7 Å². The Morgan fingerprint density at radius 2 is 1.93 bits per heavy atom. The van der Waals surface area contributed by atoms with Crippen molar-refractivity contribution >= 4 is 40.6 Å². The van der Waals surface area contributed by atoms with Crippen LogP contribution in [0, 0.1) is 11.7 Å². The Morgan fingerprint density at radius 3 is 2.58 bits per heavy atom. The number of carbonyl (C=O) groups excluding carboxylic acids is 2. The third-order valence-electron chi connectivity index (χ3n) is 6.36. The van der Waals surface area contributed by atoms with Gasteiger partial charge in [0.15, 0.2) is 0 Å². The third-order valence-corrected chi connectivity index (χ3v) is 7.01. The van der Waals surface area contributed by atoms with E-state index in [-0.39, 0.29) is 34.6 Å². The van der Waals surface area contributed by atoms with Crippen molar-refractivity contribution in [2.75, 3.05) is 28.1 Å². The molecule has 3 heterocycles. The fourth-order valence-corrected chi connectivity index (χ4v) is 5.09. The molecule has 2 N–H and O–H groups in total. The monoisotopic (exact) mass is 612 g/mol. The van der Waals surface area contributed by atoms with Gasteiger partial charge in [0, 0.05) is 18.2 Å². The van der Waals surface area contributed by atoms with Crippen LogP contribution in [0.25, 0.3) is 11.3 Å². The van der Waals surface area contributed by atoms with E-state index in [0.717, 1.165) is 0 Å². The fraction of sp³-hybridized carbons (Fsp3) is 0.400. The van der Waals surface area contributed by atoms with Crippen molar-refractivity contribution in [3.63, 3.8) is 0 Å². The van der Waals surface area contributed by atoms with Crippen LogP contribution in [-0.4, -0.2) is 55.4 Å². The summed E-state index contributed by atoms with van der Waals surface area (Å²) in [6.07, 6.45) is 1.01. The van der Waals surface area contributed by atoms with E-state index in [0.29, 0.717) is 41.6 Å². The molecule has 230 valence electrons. The van der Waals surface area contributed by atoms with Crippen molar-refractivity contribution < 1.29 is 32.2 Å². The zero-order valence-corrected chi connectivity index (χ0v) is 25.5. The lowest BCUT2D eigenvalue weighted by molar-refractivity contribution is -0.156. The van der Waals surface area contributed by atoms with E-state index in [9.17, 15) is 22.7 Å². The number of ether oxygens (including phenoxy) is 2. The van der Waals surface area contributed by atoms with E-state index in [1.807, 2.05) is 13.8 Å². The fourth-order valence-electron chi connectivity index (χ4n) is 4.60. The molecule has 1 aliphatic rings. The highest BCUT2D eigenvalue weighted by Gasteiger charge is 2.38. The Labute approximate surface area is 252 Å². The van der Waals surface area contributed by atoms with Crippen LogP contribution in [0.3, 0.4) is 0 Å². The summed E-state index contributed by atoms with van der Waals surface area (Å²) in [5, 5.41) is 0. The molecule has 2 atom stereocenters. The Kier molecular flexibility index (Phi) is 9.65. The van der Waals surface area contributed by atoms with Gasteiger partial charge >= 0.3 is 5.97 Å². The van der Waals surface area contributed by atoms with Crippen molar-refractivity contribution in [3.8, 4) is 17.0 Å². The maximum absolute atomic E-state index is 14.7. The first kappa shape index (κ1) is 31.8. The minimum absolute atomic E-state index is 0.0144. The van der Waals surface area contributed by atoms with Gasteiger partial charge in [0.2, 0.25) is 0 Å². The number of amides is 1. The number of benzene rings is 1. The van der Waals surface area contributed by atoms with Crippen LogP contribution in [-0.2, 0) is 20.8 Å². The molecule has 1 aliphatic heterocycles. The van der Waals surface area contributed by atoms with Crippen LogP contribution in [0.5, 0.6) is 5.75 Å². The molecule has 13 heteroatoms. The highest BCUT2D eigenvalue weighted by molar-refractivity contribution is 7.81. The molecule has 1 aromatic carbocycles. The van der Waals surface area contributed by atoms with Gasteiger partial charge in [-0.3, -0.25) is 9.00 Å². The van der Waals surface area contributed by atoms with Crippen LogP contribution in [0.1, 0.15) is 57.8 Å². The number of hydrogen-bond donors (Lipinski definition) is 1. The van der Waals surface area contributed by atoms with Crippen molar-refractivity contribution in [3.05, 3.63) is 59.9 Å². The Morgan fingerprint density at radius 1 is 1.19 bits per heavy atom. The second-order valence-corrected chi connectivity index (χ2v) is 12.4. The van der Waals surface area contributed by atoms with Gasteiger partial charge in [0.05, 0.1) is 29.1 Å². The maximum atomic E-state index is 14.7. The van der Waals surface area contributed by atoms with E-state index in [1.54, 1.807) is 31.7 Å². The predicted octanol–water partition coefficient (Wildman–Crippen LogP) is 4.65. The molecule has 1 saturated heterocycles. The van der Waals surface area contributed by atoms with Gasteiger partial charge in [-0.15, -0.1) is 0 Å². The lowest BCUT2D eigenvalue weighted by Crippen LogP contribution is -2.42. The van der Waals surface area contributed by atoms with E-state index < -0.39 is 40.6 Å². The first-order chi connectivity index (χ1) is 20.2. The van der Waals surface area contributed by atoms with Crippen LogP contribution in [0.4, 0.5) is 21.8 Å². The molecule has 4 rings (SSSR count). The van der Waals surface area contributed by atoms with Crippen molar-refractivity contribution in [2.45, 2.75) is 59.1 Å². The average Bonchev–Trinajstić information content (AvgIpc) is 3.40. The molecule has 1 amide bonds. The minimum Gasteiger partial charge on any atom is -0.755 e. The first-order valence-electron chi connectivity index (χ1n) is 13.8. The van der Waals surface area contributed by atoms with Crippen LogP contribution in [0.2, 0.25) is 0 Å². The number of anilines is 3. The largest absolute Gasteiger partial charge is 0.755 e. The molecule has 11 nitrogen and oxygen atoms in total. The van der Waals surface area contributed by atoms with Gasteiger partial charge in [-0.1, -0.05) is 19.9 Å². The van der Waals surface area contributed by atoms with Gasteiger partial charge in [0.1, 0.15) is 40.7 Å². The van der Waals surface area contributed by atoms with Gasteiger partial charge in [-0.2, -0.15) is 0 Å². The number of nitrogen functional groups attached to an aromatic ring is 1. The van der Waals surface area contributed by atoms with Crippen LogP contribution in [0.15, 0.2) is 48.5 Å². The van der Waals surface area contributed by atoms with E-state index >= 15 is 0 Å². The second kappa shape index (κ2) is 13.0. The van der Waals surface area contributed by atoms with Crippen molar-refractivity contribution in [1.29, 1.82) is 0 Å². The smallest absolute Gasteiger partial charge is 0.329 e. The van der Waals surface area contributed by atoms with Crippen LogP contribution < -0.4 is 19.7 Å². The number of halogens is 1. The molecule has 0 radical (unpaired) electrons. The molecule has 43 heavy (non-hydrogen) atoms. The molecule has 2 aromatic heterocycles. The summed E-state index contributed by atoms with van der Waals surface area (Å²) in [5.74, 6) is -1.65. The number of pyridine rings is 2. The third kappa shape index (κ3) is 7.85. The second-order valence-electron chi connectivity index (χ2n) is 11.6. The highest BCUT2D eigenvalue weighted by atomic mass is 32.2. The quantitative estimate of drug-likeness (QED) is 0.267. The summed E-state index contributed by atoms with van der Waals surface area (Å²) in [4.78, 5) is 37.4. The first-order valence-corrected chi connectivity index (χ1v) is 14.9. The lowest BCUT2D eigenvalue weighted by Gasteiger charge is -2.30. The standard InChI is InChI=1S/C30H36FN5O6S/c1-18(2)17-41-21-15-19(14-20(31)16-21)23-12-11-22(28(37)36(43(39)40)26-10-6-9-25(32)34-26)27(33-23)35-13-7-8-24(35)29(38)42-30(3,4)5/h6,9-12,14-16,18,24H,7-8,13,17H2,1-5H3,(H2,32,34)(H,39,40)/p-1/t24-/m0/s1. The maximum Gasteiger partial charge on any atom is 0.329 e. The number of aromatic nitrogens is 2. The highest BCUT2D eigenvalue weighted by Crippen LogP contribution is 2.34. The lowest BCUT2D eigenvalue weighted by atomic mass is 10.1. The number of hydrogen-bond acceptors (Lipinski definition) is 10. The molecule has 0 bridgehead atoms. The zero-order chi connectivity index (χ0) is 31.5. The SMILES string of the molecule is CC(C)COc1cc(F)cc(-c2ccc(C(=O)N(c3cccc(N)n3)S(=O)[O-])c(N3CCC[C@H]3C(=O)OC(C)(C)C)n2)c1. The normalized spacial score (nSPS) is 15.8. The van der Waals surface area contributed by atoms with Crippen molar-refractivity contribution in [1.82, 2.24) is 9.97 Å². The summed E-state index contributed by atoms with van der Waals surface area (Å²) < 4.78 is 51.1. The Balaban J connectivity index is 1.84. The molecule has 1 unspecified atom stereocenters. The van der Waals surface area contributed by atoms with Gasteiger partial charge in [0.25, 0.3) is 5.91 Å². The number of nitrogens with two attached hydrogens (primary N) is 1. The van der Waals surface area contributed by atoms with Crippen molar-refractivity contribution in [2.24, 2.45) is 5.92 Å². The minimum atomic E-state index is -3.08. The number of esters is 1. The van der Waals surface area contributed by atoms with E-state index in [2.05, 4.69) is 4.98 Å². The molecule has 0 aliphatic carbocycles. The van der Waals surface area contributed by atoms with Crippen LogP contribution >= 0.6 is 0 Å². The van der Waals surface area contributed by atoms with E-state index in [1.165, 1.54) is 42.5 Å². The average molecular weight is 613 g/mol.